The van der Waals surface area contributed by atoms with E-state index < -0.39 is 0 Å². The van der Waals surface area contributed by atoms with E-state index in [2.05, 4.69) is 72.2 Å². The second-order valence-electron chi connectivity index (χ2n) is 4.79. The Bertz CT molecular complexity index is 350. The van der Waals surface area contributed by atoms with Crippen LogP contribution in [0.4, 0.5) is 0 Å². The van der Waals surface area contributed by atoms with Crippen molar-refractivity contribution in [2.75, 3.05) is 13.6 Å². The first-order valence-electron chi connectivity index (χ1n) is 6.22. The van der Waals surface area contributed by atoms with Crippen LogP contribution in [0.2, 0.25) is 0 Å². The third-order valence-electron chi connectivity index (χ3n) is 2.81. The molecule has 0 radical (unpaired) electrons. The van der Waals surface area contributed by atoms with E-state index in [0.717, 1.165) is 19.6 Å². The van der Waals surface area contributed by atoms with Crippen LogP contribution in [-0.2, 0) is 13.1 Å². The monoisotopic (exact) mass is 298 g/mol. The van der Waals surface area contributed by atoms with E-state index in [4.69, 9.17) is 0 Å². The number of rotatable bonds is 6. The van der Waals surface area contributed by atoms with Gasteiger partial charge in [-0.15, -0.1) is 0 Å². The summed E-state index contributed by atoms with van der Waals surface area (Å²) >= 11 is 3.66. The zero-order chi connectivity index (χ0) is 12.8. The van der Waals surface area contributed by atoms with Crippen molar-refractivity contribution in [3.8, 4) is 0 Å². The van der Waals surface area contributed by atoms with Crippen LogP contribution in [0.5, 0.6) is 0 Å². The average molecular weight is 299 g/mol. The van der Waals surface area contributed by atoms with E-state index >= 15 is 0 Å². The minimum Gasteiger partial charge on any atom is -0.310 e. The topological polar surface area (TPSA) is 15.3 Å². The van der Waals surface area contributed by atoms with Gasteiger partial charge in [0, 0.05) is 23.6 Å². The summed E-state index contributed by atoms with van der Waals surface area (Å²) < 4.78 is 1.21. The Labute approximate surface area is 114 Å². The van der Waals surface area contributed by atoms with Crippen LogP contribution in [0.25, 0.3) is 0 Å². The highest BCUT2D eigenvalue weighted by molar-refractivity contribution is 9.10. The van der Waals surface area contributed by atoms with Gasteiger partial charge in [0.15, 0.2) is 0 Å². The number of hydrogen-bond donors (Lipinski definition) is 1. The van der Waals surface area contributed by atoms with Gasteiger partial charge in [-0.1, -0.05) is 48.8 Å². The van der Waals surface area contributed by atoms with Gasteiger partial charge in [0.1, 0.15) is 0 Å². The second-order valence-corrected chi connectivity index (χ2v) is 5.65. The van der Waals surface area contributed by atoms with Crippen molar-refractivity contribution in [3.05, 3.63) is 33.8 Å². The van der Waals surface area contributed by atoms with Crippen LogP contribution in [0.15, 0.2) is 22.7 Å². The predicted molar refractivity (Wildman–Crippen MR) is 78.1 cm³/mol. The number of nitrogens with one attached hydrogen (secondary N) is 1. The van der Waals surface area contributed by atoms with Gasteiger partial charge in [0.25, 0.3) is 0 Å². The number of halogens is 1. The van der Waals surface area contributed by atoms with Crippen LogP contribution in [0.3, 0.4) is 0 Å². The summed E-state index contributed by atoms with van der Waals surface area (Å²) in [5, 5.41) is 3.43. The lowest BCUT2D eigenvalue weighted by atomic mass is 10.1. The van der Waals surface area contributed by atoms with Crippen molar-refractivity contribution in [1.29, 1.82) is 0 Å². The van der Waals surface area contributed by atoms with Gasteiger partial charge in [-0.05, 0) is 30.8 Å². The highest BCUT2D eigenvalue weighted by Crippen LogP contribution is 2.20. The molecular formula is C14H23BrN2. The van der Waals surface area contributed by atoms with Crippen molar-refractivity contribution in [1.82, 2.24) is 10.2 Å². The molecule has 1 N–H and O–H groups in total. The van der Waals surface area contributed by atoms with Gasteiger partial charge in [-0.25, -0.2) is 0 Å². The molecule has 2 nitrogen and oxygen atoms in total. The van der Waals surface area contributed by atoms with E-state index in [1.165, 1.54) is 15.6 Å². The van der Waals surface area contributed by atoms with Crippen molar-refractivity contribution in [2.24, 2.45) is 0 Å². The Morgan fingerprint density at radius 1 is 1.35 bits per heavy atom. The fourth-order valence-electron chi connectivity index (χ4n) is 1.55. The molecule has 0 aromatic heterocycles. The molecule has 1 aromatic carbocycles. The molecule has 96 valence electrons. The molecule has 0 spiro atoms. The Hall–Kier alpha value is -0.380. The first-order chi connectivity index (χ1) is 8.02. The average Bonchev–Trinajstić information content (AvgIpc) is 2.29. The normalized spacial score (nSPS) is 11.5. The molecule has 0 unspecified atom stereocenters. The van der Waals surface area contributed by atoms with Crippen molar-refractivity contribution in [2.45, 2.75) is 39.9 Å². The summed E-state index contributed by atoms with van der Waals surface area (Å²) in [5.41, 5.74) is 2.68. The van der Waals surface area contributed by atoms with Crippen molar-refractivity contribution >= 4 is 15.9 Å². The molecule has 1 rings (SSSR count). The quantitative estimate of drug-likeness (QED) is 0.866. The molecule has 0 aliphatic carbocycles. The third-order valence-corrected chi connectivity index (χ3v) is 3.55. The molecule has 0 saturated heterocycles. The summed E-state index contributed by atoms with van der Waals surface area (Å²) in [5.74, 6) is 0. The molecule has 0 aliphatic heterocycles. The first-order valence-corrected chi connectivity index (χ1v) is 7.01. The lowest BCUT2D eigenvalue weighted by Gasteiger charge is -2.16. The molecule has 0 heterocycles. The zero-order valence-corrected chi connectivity index (χ0v) is 12.8. The fourth-order valence-corrected chi connectivity index (χ4v) is 2.11. The predicted octanol–water partition coefficient (Wildman–Crippen LogP) is 3.40. The van der Waals surface area contributed by atoms with Crippen LogP contribution in [0.1, 0.15) is 31.9 Å². The summed E-state index contributed by atoms with van der Waals surface area (Å²) in [6.07, 6.45) is 0. The summed E-state index contributed by atoms with van der Waals surface area (Å²) in [7, 11) is 2.14. The smallest absolute Gasteiger partial charge is 0.0241 e. The lowest BCUT2D eigenvalue weighted by Crippen LogP contribution is -2.22. The van der Waals surface area contributed by atoms with E-state index in [9.17, 15) is 0 Å². The molecule has 0 bridgehead atoms. The van der Waals surface area contributed by atoms with Crippen molar-refractivity contribution in [3.63, 3.8) is 0 Å². The molecule has 0 atom stereocenters. The maximum atomic E-state index is 3.66. The van der Waals surface area contributed by atoms with Gasteiger partial charge < -0.3 is 10.2 Å². The Balaban J connectivity index is 2.65. The highest BCUT2D eigenvalue weighted by Gasteiger charge is 2.04. The molecule has 0 fully saturated rings. The largest absolute Gasteiger partial charge is 0.310 e. The third kappa shape index (κ3) is 5.19. The summed E-state index contributed by atoms with van der Waals surface area (Å²) in [6.45, 7) is 9.51. The standard InChI is InChI=1S/C14H23BrN2/c1-5-17(4)10-13-7-6-12(8-14(13)15)9-16-11(2)3/h6-8,11,16H,5,9-10H2,1-4H3. The van der Waals surface area contributed by atoms with E-state index in [-0.39, 0.29) is 0 Å². The Morgan fingerprint density at radius 2 is 2.06 bits per heavy atom. The lowest BCUT2D eigenvalue weighted by molar-refractivity contribution is 0.345. The number of nitrogens with zero attached hydrogens (tertiary/aromatic N) is 1. The van der Waals surface area contributed by atoms with E-state index in [1.54, 1.807) is 0 Å². The van der Waals surface area contributed by atoms with Gasteiger partial charge in [0.05, 0.1) is 0 Å². The second kappa shape index (κ2) is 7.14. The fraction of sp³-hybridized carbons (Fsp3) is 0.571. The molecular weight excluding hydrogens is 276 g/mol. The molecule has 0 saturated carbocycles. The highest BCUT2D eigenvalue weighted by atomic mass is 79.9. The van der Waals surface area contributed by atoms with Crippen LogP contribution in [0, 0.1) is 0 Å². The van der Waals surface area contributed by atoms with E-state index in [1.807, 2.05) is 0 Å². The molecule has 17 heavy (non-hydrogen) atoms. The van der Waals surface area contributed by atoms with Crippen LogP contribution < -0.4 is 5.32 Å². The van der Waals surface area contributed by atoms with Gasteiger partial charge in [-0.2, -0.15) is 0 Å². The Kier molecular flexibility index (Phi) is 6.17. The molecule has 0 aliphatic rings. The van der Waals surface area contributed by atoms with Crippen molar-refractivity contribution < 1.29 is 0 Å². The molecule has 3 heteroatoms. The maximum Gasteiger partial charge on any atom is 0.0241 e. The van der Waals surface area contributed by atoms with Crippen LogP contribution in [-0.4, -0.2) is 24.5 Å². The van der Waals surface area contributed by atoms with Gasteiger partial charge in [0.2, 0.25) is 0 Å². The number of hydrogen-bond acceptors (Lipinski definition) is 2. The SMILES string of the molecule is CCN(C)Cc1ccc(CNC(C)C)cc1Br. The summed E-state index contributed by atoms with van der Waals surface area (Å²) in [4.78, 5) is 2.30. The van der Waals surface area contributed by atoms with Crippen LogP contribution >= 0.6 is 15.9 Å². The minimum atomic E-state index is 0.527. The number of benzene rings is 1. The summed E-state index contributed by atoms with van der Waals surface area (Å²) in [6, 6.07) is 7.17. The molecule has 0 amide bonds. The first kappa shape index (κ1) is 14.7. The minimum absolute atomic E-state index is 0.527. The zero-order valence-electron chi connectivity index (χ0n) is 11.3. The maximum absolute atomic E-state index is 3.66. The van der Waals surface area contributed by atoms with E-state index in [0.29, 0.717) is 6.04 Å². The van der Waals surface area contributed by atoms with Gasteiger partial charge in [-0.3, -0.25) is 0 Å². The molecule has 1 aromatic rings. The Morgan fingerprint density at radius 3 is 2.59 bits per heavy atom. The van der Waals surface area contributed by atoms with Gasteiger partial charge >= 0.3 is 0 Å².